The van der Waals surface area contributed by atoms with Crippen LogP contribution in [0.2, 0.25) is 0 Å². The molecule has 67 heavy (non-hydrogen) atoms. The van der Waals surface area contributed by atoms with Crippen LogP contribution in [0.25, 0.3) is 129 Å². The molecule has 0 unspecified atom stereocenters. The van der Waals surface area contributed by atoms with Gasteiger partial charge in [0.25, 0.3) is 0 Å². The SMILES string of the molecule is CC1(C)c2cc(-n3c4ccc(-c5nc6ccccc6s5)cc4c4c5ccccc5ccc43)ccc2-c2ccc(-n3c4ccc(-c5nc6ccccc6s5)cc4c4c5ccccc5ccc43)cc21. The Morgan fingerprint density at radius 3 is 1.30 bits per heavy atom. The fourth-order valence-corrected chi connectivity index (χ4v) is 13.3. The zero-order valence-corrected chi connectivity index (χ0v) is 38.2. The van der Waals surface area contributed by atoms with E-state index in [1.165, 1.54) is 108 Å². The van der Waals surface area contributed by atoms with Gasteiger partial charge in [-0.1, -0.05) is 111 Å². The minimum absolute atomic E-state index is 0.256. The third-order valence-electron chi connectivity index (χ3n) is 14.6. The minimum atomic E-state index is -0.256. The third kappa shape index (κ3) is 5.28. The Balaban J connectivity index is 0.889. The van der Waals surface area contributed by atoms with E-state index in [0.29, 0.717) is 0 Å². The number of hydrogen-bond donors (Lipinski definition) is 0. The molecular weight excluding hydrogens is 853 g/mol. The highest BCUT2D eigenvalue weighted by atomic mass is 32.1. The lowest BCUT2D eigenvalue weighted by atomic mass is 9.82. The Kier molecular flexibility index (Phi) is 7.57. The van der Waals surface area contributed by atoms with Gasteiger partial charge in [-0.3, -0.25) is 0 Å². The van der Waals surface area contributed by atoms with Crippen LogP contribution in [-0.2, 0) is 5.41 Å². The van der Waals surface area contributed by atoms with E-state index in [0.717, 1.165) is 32.2 Å². The summed E-state index contributed by atoms with van der Waals surface area (Å²) >= 11 is 3.52. The summed E-state index contributed by atoms with van der Waals surface area (Å²) in [4.78, 5) is 10.1. The molecule has 4 heterocycles. The summed E-state index contributed by atoms with van der Waals surface area (Å²) < 4.78 is 7.38. The molecule has 15 rings (SSSR count). The molecule has 0 radical (unpaired) electrons. The van der Waals surface area contributed by atoms with Gasteiger partial charge in [-0.15, -0.1) is 22.7 Å². The van der Waals surface area contributed by atoms with Crippen molar-refractivity contribution in [3.05, 3.63) is 205 Å². The number of benzene rings is 10. The van der Waals surface area contributed by atoms with E-state index in [4.69, 9.17) is 9.97 Å². The van der Waals surface area contributed by atoms with Crippen LogP contribution in [0.4, 0.5) is 0 Å². The van der Waals surface area contributed by atoms with Crippen molar-refractivity contribution >= 4 is 108 Å². The van der Waals surface area contributed by atoms with Crippen LogP contribution in [0, 0.1) is 0 Å². The van der Waals surface area contributed by atoms with E-state index >= 15 is 0 Å². The van der Waals surface area contributed by atoms with Gasteiger partial charge in [-0.25, -0.2) is 9.97 Å². The zero-order chi connectivity index (χ0) is 44.1. The predicted molar refractivity (Wildman–Crippen MR) is 285 cm³/mol. The molecule has 0 fully saturated rings. The lowest BCUT2D eigenvalue weighted by molar-refractivity contribution is 0.659. The summed E-state index contributed by atoms with van der Waals surface area (Å²) in [6, 6.07) is 71.8. The molecule has 0 bridgehead atoms. The van der Waals surface area contributed by atoms with Gasteiger partial charge in [0.05, 0.1) is 42.5 Å². The zero-order valence-electron chi connectivity index (χ0n) is 36.6. The summed E-state index contributed by atoms with van der Waals surface area (Å²) in [6.45, 7) is 4.80. The van der Waals surface area contributed by atoms with Crippen molar-refractivity contribution in [2.24, 2.45) is 0 Å². The molecule has 0 spiro atoms. The Labute approximate surface area is 393 Å². The standard InChI is InChI=1S/C61H38N4S2/c1-61(2)47-33-39(64-51-27-21-37(59-62-49-15-7-9-17-55(49)66-59)31-45(51)57-41-13-5-3-11-35(41)19-29-53(57)64)23-25-43(47)44-26-24-40(34-48(44)61)65-52-28-22-38(60-63-50-16-8-10-18-56(50)67-60)32-46(52)58-42-14-6-4-12-36(42)20-30-54(58)65/h3-34H,1-2H3. The molecule has 0 amide bonds. The fraction of sp³-hybridized carbons (Fsp3) is 0.0492. The Morgan fingerprint density at radius 1 is 0.388 bits per heavy atom. The molecule has 0 saturated heterocycles. The van der Waals surface area contributed by atoms with Crippen LogP contribution in [0.15, 0.2) is 194 Å². The van der Waals surface area contributed by atoms with Gasteiger partial charge >= 0.3 is 0 Å². The summed E-state index contributed by atoms with van der Waals surface area (Å²) in [6.07, 6.45) is 0. The number of rotatable bonds is 4. The van der Waals surface area contributed by atoms with Crippen LogP contribution in [0.1, 0.15) is 25.0 Å². The van der Waals surface area contributed by atoms with E-state index < -0.39 is 0 Å². The average Bonchev–Trinajstić information content (AvgIpc) is 4.19. The molecule has 0 aliphatic heterocycles. The maximum Gasteiger partial charge on any atom is 0.124 e. The molecule has 14 aromatic rings. The number of thiazole rings is 2. The van der Waals surface area contributed by atoms with Crippen LogP contribution >= 0.6 is 22.7 Å². The highest BCUT2D eigenvalue weighted by Crippen LogP contribution is 2.51. The largest absolute Gasteiger partial charge is 0.309 e. The van der Waals surface area contributed by atoms with Crippen molar-refractivity contribution in [2.45, 2.75) is 19.3 Å². The Hall–Kier alpha value is -7.90. The second-order valence-corrected chi connectivity index (χ2v) is 20.6. The van der Waals surface area contributed by atoms with Crippen molar-refractivity contribution in [2.75, 3.05) is 0 Å². The predicted octanol–water partition coefficient (Wildman–Crippen LogP) is 17.0. The molecule has 4 aromatic heterocycles. The van der Waals surface area contributed by atoms with E-state index in [-0.39, 0.29) is 5.41 Å². The van der Waals surface area contributed by atoms with Crippen LogP contribution in [-0.4, -0.2) is 19.1 Å². The van der Waals surface area contributed by atoms with E-state index in [1.807, 2.05) is 0 Å². The van der Waals surface area contributed by atoms with Gasteiger partial charge in [0.1, 0.15) is 10.0 Å². The Morgan fingerprint density at radius 2 is 0.821 bits per heavy atom. The van der Waals surface area contributed by atoms with Gasteiger partial charge in [0, 0.05) is 49.5 Å². The smallest absolute Gasteiger partial charge is 0.124 e. The maximum atomic E-state index is 5.07. The molecule has 0 N–H and O–H groups in total. The molecule has 10 aromatic carbocycles. The number of fused-ring (bicyclic) bond motifs is 15. The second-order valence-electron chi connectivity index (χ2n) is 18.6. The molecule has 0 atom stereocenters. The van der Waals surface area contributed by atoms with Crippen LogP contribution in [0.3, 0.4) is 0 Å². The lowest BCUT2D eigenvalue weighted by Gasteiger charge is -2.23. The van der Waals surface area contributed by atoms with E-state index in [2.05, 4.69) is 217 Å². The highest BCUT2D eigenvalue weighted by Gasteiger charge is 2.36. The first-order chi connectivity index (χ1) is 32.9. The number of nitrogens with zero attached hydrogens (tertiary/aromatic N) is 4. The van der Waals surface area contributed by atoms with Gasteiger partial charge in [0.2, 0.25) is 0 Å². The molecule has 0 saturated carbocycles. The van der Waals surface area contributed by atoms with Crippen LogP contribution < -0.4 is 0 Å². The molecular formula is C61H38N4S2. The molecule has 1 aliphatic rings. The second kappa shape index (κ2) is 13.6. The summed E-state index contributed by atoms with van der Waals surface area (Å²) in [5.41, 5.74) is 16.5. The number of para-hydroxylation sites is 2. The lowest BCUT2D eigenvalue weighted by Crippen LogP contribution is -2.16. The van der Waals surface area contributed by atoms with Gasteiger partial charge in [-0.2, -0.15) is 0 Å². The number of aromatic nitrogens is 4. The molecule has 1 aliphatic carbocycles. The van der Waals surface area contributed by atoms with Crippen molar-refractivity contribution in [1.82, 2.24) is 19.1 Å². The summed E-state index contributed by atoms with van der Waals surface area (Å²) in [5, 5.41) is 12.1. The van der Waals surface area contributed by atoms with Crippen molar-refractivity contribution in [1.29, 1.82) is 0 Å². The number of hydrogen-bond acceptors (Lipinski definition) is 4. The third-order valence-corrected chi connectivity index (χ3v) is 16.7. The first-order valence-electron chi connectivity index (χ1n) is 22.9. The highest BCUT2D eigenvalue weighted by molar-refractivity contribution is 7.22. The normalized spacial score (nSPS) is 13.3. The molecule has 314 valence electrons. The van der Waals surface area contributed by atoms with Crippen LogP contribution in [0.5, 0.6) is 0 Å². The minimum Gasteiger partial charge on any atom is -0.309 e. The first-order valence-corrected chi connectivity index (χ1v) is 24.5. The summed E-state index contributed by atoms with van der Waals surface area (Å²) in [5.74, 6) is 0. The quantitative estimate of drug-likeness (QED) is 0.176. The topological polar surface area (TPSA) is 35.6 Å². The first kappa shape index (κ1) is 37.3. The van der Waals surface area contributed by atoms with Crippen molar-refractivity contribution < 1.29 is 0 Å². The fourth-order valence-electron chi connectivity index (χ4n) is 11.4. The van der Waals surface area contributed by atoms with Crippen molar-refractivity contribution in [3.8, 4) is 43.6 Å². The summed E-state index contributed by atoms with van der Waals surface area (Å²) in [7, 11) is 0. The van der Waals surface area contributed by atoms with E-state index in [1.54, 1.807) is 22.7 Å². The monoisotopic (exact) mass is 890 g/mol. The molecule has 6 heteroatoms. The van der Waals surface area contributed by atoms with Crippen molar-refractivity contribution in [3.63, 3.8) is 0 Å². The maximum absolute atomic E-state index is 5.07. The van der Waals surface area contributed by atoms with Gasteiger partial charge in [0.15, 0.2) is 0 Å². The average molecular weight is 891 g/mol. The van der Waals surface area contributed by atoms with Gasteiger partial charge in [-0.05, 0) is 141 Å². The Bertz CT molecular complexity index is 4090. The van der Waals surface area contributed by atoms with Gasteiger partial charge < -0.3 is 9.13 Å². The molecule has 4 nitrogen and oxygen atoms in total. The van der Waals surface area contributed by atoms with E-state index in [9.17, 15) is 0 Å².